The first-order valence-corrected chi connectivity index (χ1v) is 4.78. The number of benzene rings is 1. The first-order valence-electron chi connectivity index (χ1n) is 4.78. The molecular weight excluding hydrogens is 210 g/mol. The lowest BCUT2D eigenvalue weighted by Crippen LogP contribution is -2.30. The summed E-state index contributed by atoms with van der Waals surface area (Å²) in [6, 6.07) is 4.54. The Labute approximate surface area is 90.7 Å². The molecule has 84 valence electrons. The zero-order valence-corrected chi connectivity index (χ0v) is 8.90. The number of aromatic amines is 1. The molecule has 0 bridgehead atoms. The number of carbonyl (C=O) groups excluding carboxylic acids is 1. The van der Waals surface area contributed by atoms with Crippen LogP contribution in [-0.4, -0.2) is 21.5 Å². The summed E-state index contributed by atoms with van der Waals surface area (Å²) in [5.41, 5.74) is -0.301. The van der Waals surface area contributed by atoms with E-state index < -0.39 is 17.1 Å². The molecule has 5 nitrogen and oxygen atoms in total. The van der Waals surface area contributed by atoms with Gasteiger partial charge in [-0.1, -0.05) is 0 Å². The summed E-state index contributed by atoms with van der Waals surface area (Å²) in [5, 5.41) is 9.57. The highest BCUT2D eigenvalue weighted by Gasteiger charge is 2.25. The van der Waals surface area contributed by atoms with E-state index >= 15 is 0 Å². The van der Waals surface area contributed by atoms with Gasteiger partial charge in [-0.3, -0.25) is 9.78 Å². The van der Waals surface area contributed by atoms with E-state index in [4.69, 9.17) is 4.42 Å². The van der Waals surface area contributed by atoms with Crippen molar-refractivity contribution in [2.24, 2.45) is 0 Å². The van der Waals surface area contributed by atoms with Gasteiger partial charge < -0.3 is 9.52 Å². The third kappa shape index (κ3) is 1.77. The van der Waals surface area contributed by atoms with Crippen molar-refractivity contribution in [3.63, 3.8) is 0 Å². The van der Waals surface area contributed by atoms with Gasteiger partial charge in [0, 0.05) is 5.56 Å². The van der Waals surface area contributed by atoms with Gasteiger partial charge in [0.15, 0.2) is 11.4 Å². The molecule has 0 saturated heterocycles. The van der Waals surface area contributed by atoms with E-state index in [1.807, 2.05) is 0 Å². The van der Waals surface area contributed by atoms with Crippen molar-refractivity contribution in [3.8, 4) is 0 Å². The predicted octanol–water partition coefficient (Wildman–Crippen LogP) is 1.07. The van der Waals surface area contributed by atoms with Crippen LogP contribution in [0.25, 0.3) is 11.1 Å². The SMILES string of the molecule is CC(C)(O)C(=O)c1ccc2[nH]c(=O)oc2c1. The lowest BCUT2D eigenvalue weighted by molar-refractivity contribution is 0.0488. The third-order valence-electron chi connectivity index (χ3n) is 2.24. The topological polar surface area (TPSA) is 83.3 Å². The zero-order chi connectivity index (χ0) is 11.9. The normalized spacial score (nSPS) is 11.9. The second-order valence-electron chi connectivity index (χ2n) is 4.11. The number of aromatic nitrogens is 1. The molecule has 1 aromatic carbocycles. The van der Waals surface area contributed by atoms with Crippen LogP contribution in [0.1, 0.15) is 24.2 Å². The quantitative estimate of drug-likeness (QED) is 0.743. The molecule has 0 aliphatic heterocycles. The van der Waals surface area contributed by atoms with Gasteiger partial charge in [-0.25, -0.2) is 4.79 Å². The van der Waals surface area contributed by atoms with Gasteiger partial charge in [0.2, 0.25) is 0 Å². The highest BCUT2D eigenvalue weighted by atomic mass is 16.4. The number of hydrogen-bond acceptors (Lipinski definition) is 4. The summed E-state index contributed by atoms with van der Waals surface area (Å²) in [7, 11) is 0. The second-order valence-corrected chi connectivity index (χ2v) is 4.11. The van der Waals surface area contributed by atoms with Crippen molar-refractivity contribution in [1.29, 1.82) is 0 Å². The van der Waals surface area contributed by atoms with Crippen LogP contribution in [0.5, 0.6) is 0 Å². The smallest absolute Gasteiger partial charge is 0.408 e. The minimum absolute atomic E-state index is 0.306. The van der Waals surface area contributed by atoms with Gasteiger partial charge in [-0.15, -0.1) is 0 Å². The molecule has 1 aromatic heterocycles. The van der Waals surface area contributed by atoms with E-state index in [1.54, 1.807) is 6.07 Å². The summed E-state index contributed by atoms with van der Waals surface area (Å²) in [6.45, 7) is 2.82. The van der Waals surface area contributed by atoms with Crippen LogP contribution in [0, 0.1) is 0 Å². The Morgan fingerprint density at radius 3 is 2.75 bits per heavy atom. The fraction of sp³-hybridized carbons (Fsp3) is 0.273. The number of Topliss-reactive ketones (excluding diaryl/α,β-unsaturated/α-hetero) is 1. The Balaban J connectivity index is 2.55. The maximum Gasteiger partial charge on any atom is 0.417 e. The summed E-state index contributed by atoms with van der Waals surface area (Å²) in [5.74, 6) is -0.985. The second kappa shape index (κ2) is 3.31. The minimum atomic E-state index is -1.44. The average molecular weight is 221 g/mol. The monoisotopic (exact) mass is 221 g/mol. The molecule has 5 heteroatoms. The molecule has 2 rings (SSSR count). The molecule has 0 atom stereocenters. The van der Waals surface area contributed by atoms with Crippen molar-refractivity contribution >= 4 is 16.9 Å². The molecule has 0 amide bonds. The van der Waals surface area contributed by atoms with E-state index in [-0.39, 0.29) is 0 Å². The summed E-state index contributed by atoms with van der Waals surface area (Å²) in [4.78, 5) is 25.1. The molecule has 0 radical (unpaired) electrons. The van der Waals surface area contributed by atoms with E-state index in [0.717, 1.165) is 0 Å². The summed E-state index contributed by atoms with van der Waals surface area (Å²) < 4.78 is 4.83. The van der Waals surface area contributed by atoms with E-state index in [9.17, 15) is 14.7 Å². The third-order valence-corrected chi connectivity index (χ3v) is 2.24. The van der Waals surface area contributed by atoms with Crippen LogP contribution in [0.2, 0.25) is 0 Å². The van der Waals surface area contributed by atoms with Gasteiger partial charge in [0.1, 0.15) is 5.60 Å². The molecular formula is C11H11NO4. The highest BCUT2D eigenvalue weighted by Crippen LogP contribution is 2.17. The van der Waals surface area contributed by atoms with Gasteiger partial charge in [-0.05, 0) is 32.0 Å². The van der Waals surface area contributed by atoms with Gasteiger partial charge in [0.25, 0.3) is 0 Å². The molecule has 0 fully saturated rings. The Morgan fingerprint density at radius 1 is 1.44 bits per heavy atom. The van der Waals surface area contributed by atoms with Crippen molar-refractivity contribution in [1.82, 2.24) is 4.98 Å². The van der Waals surface area contributed by atoms with E-state index in [2.05, 4.69) is 4.98 Å². The van der Waals surface area contributed by atoms with Crippen LogP contribution >= 0.6 is 0 Å². The summed E-state index contributed by atoms with van der Waals surface area (Å²) in [6.07, 6.45) is 0. The molecule has 16 heavy (non-hydrogen) atoms. The Kier molecular flexibility index (Phi) is 2.20. The molecule has 0 aliphatic rings. The first kappa shape index (κ1) is 10.6. The molecule has 0 aliphatic carbocycles. The number of aliphatic hydroxyl groups is 1. The van der Waals surface area contributed by atoms with Gasteiger partial charge >= 0.3 is 5.76 Å². The Morgan fingerprint density at radius 2 is 2.12 bits per heavy atom. The highest BCUT2D eigenvalue weighted by molar-refractivity contribution is 6.03. The average Bonchev–Trinajstić information content (AvgIpc) is 2.54. The van der Waals surface area contributed by atoms with E-state index in [1.165, 1.54) is 26.0 Å². The largest absolute Gasteiger partial charge is 0.417 e. The minimum Gasteiger partial charge on any atom is -0.408 e. The number of H-pyrrole nitrogens is 1. The van der Waals surface area contributed by atoms with Crippen LogP contribution in [0.3, 0.4) is 0 Å². The number of carbonyl (C=O) groups is 1. The van der Waals surface area contributed by atoms with Gasteiger partial charge in [0.05, 0.1) is 5.52 Å². The summed E-state index contributed by atoms with van der Waals surface area (Å²) >= 11 is 0. The van der Waals surface area contributed by atoms with Crippen molar-refractivity contribution < 1.29 is 14.3 Å². The molecule has 0 spiro atoms. The maximum atomic E-state index is 11.7. The van der Waals surface area contributed by atoms with Crippen LogP contribution in [-0.2, 0) is 0 Å². The molecule has 2 aromatic rings. The first-order chi connectivity index (χ1) is 7.38. The van der Waals surface area contributed by atoms with Crippen LogP contribution in [0.15, 0.2) is 27.4 Å². The van der Waals surface area contributed by atoms with Crippen LogP contribution in [0.4, 0.5) is 0 Å². The van der Waals surface area contributed by atoms with Crippen molar-refractivity contribution in [3.05, 3.63) is 34.3 Å². The number of hydrogen-bond donors (Lipinski definition) is 2. The molecule has 0 saturated carbocycles. The number of fused-ring (bicyclic) bond motifs is 1. The zero-order valence-electron chi connectivity index (χ0n) is 8.90. The lowest BCUT2D eigenvalue weighted by atomic mass is 9.97. The van der Waals surface area contributed by atoms with Crippen LogP contribution < -0.4 is 5.76 Å². The fourth-order valence-corrected chi connectivity index (χ4v) is 1.44. The Bertz CT molecular complexity index is 600. The Hall–Kier alpha value is -1.88. The number of ketones is 1. The number of nitrogens with one attached hydrogen (secondary N) is 1. The van der Waals surface area contributed by atoms with Crippen molar-refractivity contribution in [2.75, 3.05) is 0 Å². The fourth-order valence-electron chi connectivity index (χ4n) is 1.44. The van der Waals surface area contributed by atoms with Crippen molar-refractivity contribution in [2.45, 2.75) is 19.4 Å². The predicted molar refractivity (Wildman–Crippen MR) is 57.5 cm³/mol. The molecule has 2 N–H and O–H groups in total. The van der Waals surface area contributed by atoms with Gasteiger partial charge in [-0.2, -0.15) is 0 Å². The van der Waals surface area contributed by atoms with E-state index in [0.29, 0.717) is 16.7 Å². The maximum absolute atomic E-state index is 11.7. The molecule has 1 heterocycles. The lowest BCUT2D eigenvalue weighted by Gasteiger charge is -2.14. The molecule has 0 unspecified atom stereocenters. The number of oxazole rings is 1. The standard InChI is InChI=1S/C11H11NO4/c1-11(2,15)9(13)6-3-4-7-8(5-6)16-10(14)12-7/h3-5,15H,1-2H3,(H,12,14). The number of rotatable bonds is 2.